The Kier molecular flexibility index (Phi) is 4.64. The smallest absolute Gasteiger partial charge is 0.335 e. The standard InChI is InChI=1S/C14H17NO5S/c1-20-12-8-7-10(14(16)17)9-13(12)21(18,19)15-11-5-3-2-4-6-11/h2-3,7-9,11,15H,4-6H2,1H3,(H,16,17). The van der Waals surface area contributed by atoms with Crippen molar-refractivity contribution in [1.29, 1.82) is 0 Å². The number of sulfonamides is 1. The van der Waals surface area contributed by atoms with E-state index in [2.05, 4.69) is 4.72 Å². The van der Waals surface area contributed by atoms with Gasteiger partial charge in [0.05, 0.1) is 12.7 Å². The minimum Gasteiger partial charge on any atom is -0.495 e. The van der Waals surface area contributed by atoms with Gasteiger partial charge in [0.25, 0.3) is 0 Å². The van der Waals surface area contributed by atoms with E-state index in [0.29, 0.717) is 6.42 Å². The molecule has 1 aromatic rings. The van der Waals surface area contributed by atoms with Crippen LogP contribution >= 0.6 is 0 Å². The number of methoxy groups -OCH3 is 1. The summed E-state index contributed by atoms with van der Waals surface area (Å²) in [5.41, 5.74) is -0.0975. The van der Waals surface area contributed by atoms with Crippen molar-refractivity contribution in [3.05, 3.63) is 35.9 Å². The van der Waals surface area contributed by atoms with Crippen molar-refractivity contribution in [3.8, 4) is 5.75 Å². The predicted molar refractivity (Wildman–Crippen MR) is 77.1 cm³/mol. The quantitative estimate of drug-likeness (QED) is 0.809. The van der Waals surface area contributed by atoms with E-state index in [1.165, 1.54) is 19.2 Å². The molecule has 1 aromatic carbocycles. The van der Waals surface area contributed by atoms with E-state index in [1.807, 2.05) is 12.2 Å². The molecule has 1 unspecified atom stereocenters. The minimum atomic E-state index is -3.83. The van der Waals surface area contributed by atoms with Crippen molar-refractivity contribution in [1.82, 2.24) is 4.72 Å². The van der Waals surface area contributed by atoms with Gasteiger partial charge in [-0.25, -0.2) is 17.9 Å². The molecule has 0 saturated heterocycles. The Hall–Kier alpha value is -1.86. The van der Waals surface area contributed by atoms with E-state index in [9.17, 15) is 13.2 Å². The first-order valence-corrected chi connectivity index (χ1v) is 8.01. The molecule has 21 heavy (non-hydrogen) atoms. The third kappa shape index (κ3) is 3.62. The van der Waals surface area contributed by atoms with Gasteiger partial charge in [0.15, 0.2) is 0 Å². The lowest BCUT2D eigenvalue weighted by Gasteiger charge is -2.20. The number of hydrogen-bond donors (Lipinski definition) is 2. The summed E-state index contributed by atoms with van der Waals surface area (Å²) in [7, 11) is -2.49. The Morgan fingerprint density at radius 2 is 2.14 bits per heavy atom. The van der Waals surface area contributed by atoms with E-state index in [-0.39, 0.29) is 22.3 Å². The van der Waals surface area contributed by atoms with Crippen LogP contribution in [0.1, 0.15) is 29.6 Å². The average Bonchev–Trinajstić information content (AvgIpc) is 2.47. The lowest BCUT2D eigenvalue weighted by molar-refractivity contribution is 0.0696. The van der Waals surface area contributed by atoms with Gasteiger partial charge in [-0.15, -0.1) is 0 Å². The first-order valence-electron chi connectivity index (χ1n) is 6.52. The summed E-state index contributed by atoms with van der Waals surface area (Å²) in [6.45, 7) is 0. The normalized spacial score (nSPS) is 18.4. The first kappa shape index (κ1) is 15.5. The summed E-state index contributed by atoms with van der Waals surface area (Å²) in [5.74, 6) is -1.06. The van der Waals surface area contributed by atoms with E-state index in [0.717, 1.165) is 18.9 Å². The highest BCUT2D eigenvalue weighted by Crippen LogP contribution is 2.26. The van der Waals surface area contributed by atoms with E-state index in [1.54, 1.807) is 0 Å². The van der Waals surface area contributed by atoms with Gasteiger partial charge in [0.1, 0.15) is 10.6 Å². The van der Waals surface area contributed by atoms with Crippen LogP contribution in [0.15, 0.2) is 35.2 Å². The van der Waals surface area contributed by atoms with Gasteiger partial charge in [-0.3, -0.25) is 0 Å². The fourth-order valence-corrected chi connectivity index (χ4v) is 3.68. The van der Waals surface area contributed by atoms with Gasteiger partial charge in [-0.05, 0) is 37.5 Å². The van der Waals surface area contributed by atoms with Gasteiger partial charge in [0, 0.05) is 6.04 Å². The third-order valence-corrected chi connectivity index (χ3v) is 4.83. The summed E-state index contributed by atoms with van der Waals surface area (Å²) in [5, 5.41) is 8.99. The van der Waals surface area contributed by atoms with Crippen LogP contribution in [0.25, 0.3) is 0 Å². The molecular formula is C14H17NO5S. The molecule has 6 nitrogen and oxygen atoms in total. The number of carbonyl (C=O) groups is 1. The molecule has 0 heterocycles. The number of carboxylic acid groups (broad SMARTS) is 1. The molecular weight excluding hydrogens is 294 g/mol. The number of benzene rings is 1. The second-order valence-electron chi connectivity index (χ2n) is 4.77. The number of aromatic carboxylic acids is 1. The van der Waals surface area contributed by atoms with Crippen molar-refractivity contribution < 1.29 is 23.1 Å². The lowest BCUT2D eigenvalue weighted by Crippen LogP contribution is -2.35. The van der Waals surface area contributed by atoms with Crippen LogP contribution in [0.2, 0.25) is 0 Å². The molecule has 1 aliphatic rings. The Morgan fingerprint density at radius 1 is 1.38 bits per heavy atom. The maximum atomic E-state index is 12.4. The maximum absolute atomic E-state index is 12.4. The lowest BCUT2D eigenvalue weighted by atomic mass is 10.0. The summed E-state index contributed by atoms with van der Waals surface area (Å²) in [4.78, 5) is 10.9. The van der Waals surface area contributed by atoms with Crippen molar-refractivity contribution in [3.63, 3.8) is 0 Å². The Morgan fingerprint density at radius 3 is 2.71 bits per heavy atom. The molecule has 0 fully saturated rings. The first-order chi connectivity index (χ1) is 9.94. The molecule has 0 aliphatic heterocycles. The summed E-state index contributed by atoms with van der Waals surface area (Å²) in [6, 6.07) is 3.59. The third-order valence-electron chi connectivity index (χ3n) is 3.29. The van der Waals surface area contributed by atoms with Gasteiger partial charge < -0.3 is 9.84 Å². The van der Waals surface area contributed by atoms with Gasteiger partial charge in [-0.1, -0.05) is 12.2 Å². The number of nitrogens with one attached hydrogen (secondary N) is 1. The fourth-order valence-electron chi connectivity index (χ4n) is 2.20. The second-order valence-corrected chi connectivity index (χ2v) is 6.46. The molecule has 2 rings (SSSR count). The molecule has 0 saturated carbocycles. The summed E-state index contributed by atoms with van der Waals surface area (Å²) in [6.07, 6.45) is 6.11. The number of carboxylic acids is 1. The summed E-state index contributed by atoms with van der Waals surface area (Å²) >= 11 is 0. The number of rotatable bonds is 5. The highest BCUT2D eigenvalue weighted by atomic mass is 32.2. The molecule has 0 bridgehead atoms. The zero-order chi connectivity index (χ0) is 15.5. The zero-order valence-electron chi connectivity index (χ0n) is 11.6. The topological polar surface area (TPSA) is 92.7 Å². The van der Waals surface area contributed by atoms with Crippen LogP contribution in [-0.4, -0.2) is 32.6 Å². The van der Waals surface area contributed by atoms with E-state index < -0.39 is 16.0 Å². The largest absolute Gasteiger partial charge is 0.495 e. The summed E-state index contributed by atoms with van der Waals surface area (Å²) < 4.78 is 32.5. The van der Waals surface area contributed by atoms with E-state index >= 15 is 0 Å². The number of allylic oxidation sites excluding steroid dienone is 1. The SMILES string of the molecule is COc1ccc(C(=O)O)cc1S(=O)(=O)NC1CC=CCC1. The zero-order valence-corrected chi connectivity index (χ0v) is 12.4. The van der Waals surface area contributed by atoms with E-state index in [4.69, 9.17) is 9.84 Å². The minimum absolute atomic E-state index is 0.0975. The van der Waals surface area contributed by atoms with Gasteiger partial charge >= 0.3 is 5.97 Å². The maximum Gasteiger partial charge on any atom is 0.335 e. The number of ether oxygens (including phenoxy) is 1. The highest BCUT2D eigenvalue weighted by molar-refractivity contribution is 7.89. The molecule has 0 amide bonds. The number of hydrogen-bond acceptors (Lipinski definition) is 4. The Balaban J connectivity index is 2.35. The van der Waals surface area contributed by atoms with Crippen molar-refractivity contribution in [2.24, 2.45) is 0 Å². The molecule has 0 aromatic heterocycles. The predicted octanol–water partition coefficient (Wildman–Crippen LogP) is 1.78. The molecule has 114 valence electrons. The van der Waals surface area contributed by atoms with Crippen LogP contribution in [0.4, 0.5) is 0 Å². The van der Waals surface area contributed by atoms with Crippen LogP contribution in [0, 0.1) is 0 Å². The van der Waals surface area contributed by atoms with Gasteiger partial charge in [-0.2, -0.15) is 0 Å². The fraction of sp³-hybridized carbons (Fsp3) is 0.357. The Bertz CT molecular complexity index is 666. The molecule has 7 heteroatoms. The van der Waals surface area contributed by atoms with Crippen LogP contribution < -0.4 is 9.46 Å². The monoisotopic (exact) mass is 311 g/mol. The molecule has 1 atom stereocenters. The highest BCUT2D eigenvalue weighted by Gasteiger charge is 2.25. The Labute approximate surface area is 123 Å². The van der Waals surface area contributed by atoms with Gasteiger partial charge in [0.2, 0.25) is 10.0 Å². The second kappa shape index (κ2) is 6.28. The van der Waals surface area contributed by atoms with Crippen LogP contribution in [0.3, 0.4) is 0 Å². The van der Waals surface area contributed by atoms with Crippen molar-refractivity contribution in [2.45, 2.75) is 30.2 Å². The van der Waals surface area contributed by atoms with Crippen LogP contribution in [-0.2, 0) is 10.0 Å². The molecule has 0 radical (unpaired) electrons. The van der Waals surface area contributed by atoms with Crippen LogP contribution in [0.5, 0.6) is 5.75 Å². The van der Waals surface area contributed by atoms with Crippen molar-refractivity contribution >= 4 is 16.0 Å². The van der Waals surface area contributed by atoms with Crippen molar-refractivity contribution in [2.75, 3.05) is 7.11 Å². The molecule has 0 spiro atoms. The molecule has 2 N–H and O–H groups in total. The molecule has 1 aliphatic carbocycles. The average molecular weight is 311 g/mol.